The van der Waals surface area contributed by atoms with Crippen LogP contribution in [0.1, 0.15) is 34.2 Å². The van der Waals surface area contributed by atoms with Gasteiger partial charge in [0.2, 0.25) is 5.78 Å². The third kappa shape index (κ3) is 4.01. The Balaban J connectivity index is 1.77. The first-order valence-corrected chi connectivity index (χ1v) is 8.88. The van der Waals surface area contributed by atoms with Crippen molar-refractivity contribution in [3.05, 3.63) is 60.0 Å². The first-order chi connectivity index (χ1) is 13.7. The van der Waals surface area contributed by atoms with Gasteiger partial charge in [-0.05, 0) is 25.1 Å². The fourth-order valence-electron chi connectivity index (χ4n) is 2.92. The van der Waals surface area contributed by atoms with Crippen LogP contribution in [-0.4, -0.2) is 34.5 Å². The van der Waals surface area contributed by atoms with Gasteiger partial charge in [0, 0.05) is 35.4 Å². The number of carbonyl (C=O) groups excluding carboxylic acids is 2. The molecule has 28 heavy (non-hydrogen) atoms. The molecule has 0 spiro atoms. The molecule has 0 bridgehead atoms. The fourth-order valence-corrected chi connectivity index (χ4v) is 2.92. The molecule has 0 amide bonds. The Morgan fingerprint density at radius 1 is 1.21 bits per heavy atom. The van der Waals surface area contributed by atoms with Crippen molar-refractivity contribution in [2.75, 3.05) is 13.2 Å². The van der Waals surface area contributed by atoms with E-state index in [0.29, 0.717) is 30.9 Å². The molecule has 0 saturated heterocycles. The molecular weight excluding hydrogens is 358 g/mol. The van der Waals surface area contributed by atoms with E-state index in [2.05, 4.69) is 11.1 Å². The van der Waals surface area contributed by atoms with Crippen LogP contribution in [0.5, 0.6) is 5.75 Å². The fraction of sp³-hybridized carbons (Fsp3) is 0.238. The number of nitriles is 1. The summed E-state index contributed by atoms with van der Waals surface area (Å²) in [6.07, 6.45) is 3.50. The molecule has 2 heterocycles. The average molecular weight is 377 g/mol. The monoisotopic (exact) mass is 377 g/mol. The maximum Gasteiger partial charge on any atom is 0.361 e. The summed E-state index contributed by atoms with van der Waals surface area (Å²) in [5.41, 5.74) is 1.34. The van der Waals surface area contributed by atoms with Crippen molar-refractivity contribution in [2.45, 2.75) is 19.9 Å². The number of hydrogen-bond donors (Lipinski definition) is 0. The number of Topliss-reactive ketones (excluding diaryl/α,β-unsaturated/α-hetero) is 1. The molecule has 3 rings (SSSR count). The average Bonchev–Trinajstić information content (AvgIpc) is 3.10. The Morgan fingerprint density at radius 2 is 2.04 bits per heavy atom. The van der Waals surface area contributed by atoms with Crippen molar-refractivity contribution < 1.29 is 19.1 Å². The topological polar surface area (TPSA) is 94.2 Å². The number of rotatable bonds is 8. The Bertz CT molecular complexity index is 1050. The molecule has 7 heteroatoms. The smallest absolute Gasteiger partial charge is 0.361 e. The van der Waals surface area contributed by atoms with Gasteiger partial charge in [-0.2, -0.15) is 5.26 Å². The van der Waals surface area contributed by atoms with Gasteiger partial charge in [-0.1, -0.05) is 18.2 Å². The van der Waals surface area contributed by atoms with Crippen LogP contribution in [-0.2, 0) is 11.3 Å². The number of ketones is 1. The molecule has 0 saturated carbocycles. The lowest BCUT2D eigenvalue weighted by molar-refractivity contribution is 0.0465. The van der Waals surface area contributed by atoms with Crippen LogP contribution < -0.4 is 4.74 Å². The molecule has 0 unspecified atom stereocenters. The van der Waals surface area contributed by atoms with E-state index in [1.54, 1.807) is 25.3 Å². The molecule has 0 aliphatic heterocycles. The summed E-state index contributed by atoms with van der Waals surface area (Å²) in [5.74, 6) is -0.727. The number of carbonyl (C=O) groups is 2. The van der Waals surface area contributed by atoms with Gasteiger partial charge in [-0.3, -0.25) is 4.79 Å². The van der Waals surface area contributed by atoms with E-state index < -0.39 is 12.6 Å². The number of ether oxygens (including phenoxy) is 2. The lowest BCUT2D eigenvalue weighted by atomic mass is 10.1. The number of pyridine rings is 1. The van der Waals surface area contributed by atoms with Gasteiger partial charge < -0.3 is 14.0 Å². The predicted molar refractivity (Wildman–Crippen MR) is 102 cm³/mol. The number of aryl methyl sites for hydroxylation is 1. The van der Waals surface area contributed by atoms with E-state index in [4.69, 9.17) is 14.7 Å². The molecule has 0 aliphatic rings. The van der Waals surface area contributed by atoms with Gasteiger partial charge in [0.1, 0.15) is 0 Å². The minimum Gasteiger partial charge on any atom is -0.491 e. The maximum absolute atomic E-state index is 12.7. The SMILES string of the molecule is CCOc1cccnc1C(=O)OCC(=O)c1cn(CCC#N)c2ccccc12. The first kappa shape index (κ1) is 19.1. The Labute approximate surface area is 162 Å². The van der Waals surface area contributed by atoms with Crippen LogP contribution in [0.25, 0.3) is 10.9 Å². The van der Waals surface area contributed by atoms with Crippen LogP contribution in [0.3, 0.4) is 0 Å². The van der Waals surface area contributed by atoms with Crippen molar-refractivity contribution in [3.8, 4) is 11.8 Å². The summed E-state index contributed by atoms with van der Waals surface area (Å²) in [4.78, 5) is 29.0. The highest BCUT2D eigenvalue weighted by Gasteiger charge is 2.20. The van der Waals surface area contributed by atoms with E-state index in [9.17, 15) is 9.59 Å². The highest BCUT2D eigenvalue weighted by molar-refractivity contribution is 6.09. The highest BCUT2D eigenvalue weighted by atomic mass is 16.5. The maximum atomic E-state index is 12.7. The number of hydrogen-bond acceptors (Lipinski definition) is 6. The minimum atomic E-state index is -0.717. The van der Waals surface area contributed by atoms with Crippen LogP contribution in [0, 0.1) is 11.3 Å². The van der Waals surface area contributed by atoms with Crippen LogP contribution >= 0.6 is 0 Å². The molecule has 0 fully saturated rings. The normalized spacial score (nSPS) is 10.4. The number of fused-ring (bicyclic) bond motifs is 1. The van der Waals surface area contributed by atoms with Crippen molar-refractivity contribution in [2.24, 2.45) is 0 Å². The van der Waals surface area contributed by atoms with Gasteiger partial charge in [0.05, 0.1) is 19.1 Å². The number of para-hydroxylation sites is 1. The Kier molecular flexibility index (Phi) is 6.02. The minimum absolute atomic E-state index is 0.0357. The Morgan fingerprint density at radius 3 is 2.82 bits per heavy atom. The van der Waals surface area contributed by atoms with E-state index in [-0.39, 0.29) is 11.5 Å². The summed E-state index contributed by atoms with van der Waals surface area (Å²) >= 11 is 0. The van der Waals surface area contributed by atoms with Crippen molar-refractivity contribution in [1.82, 2.24) is 9.55 Å². The second-order valence-corrected chi connectivity index (χ2v) is 5.94. The number of nitrogens with zero attached hydrogens (tertiary/aromatic N) is 3. The molecule has 0 N–H and O–H groups in total. The van der Waals surface area contributed by atoms with Crippen molar-refractivity contribution in [1.29, 1.82) is 5.26 Å². The summed E-state index contributed by atoms with van der Waals surface area (Å²) < 4.78 is 12.4. The standard InChI is InChI=1S/C21H19N3O4/c1-2-27-19-9-5-11-23-20(19)21(26)28-14-18(25)16-13-24(12-6-10-22)17-8-4-3-7-15(16)17/h3-5,7-9,11,13H,2,6,12,14H2,1H3. The molecule has 0 radical (unpaired) electrons. The van der Waals surface area contributed by atoms with Gasteiger partial charge in [-0.25, -0.2) is 9.78 Å². The zero-order valence-electron chi connectivity index (χ0n) is 15.4. The van der Waals surface area contributed by atoms with E-state index >= 15 is 0 Å². The third-order valence-electron chi connectivity index (χ3n) is 4.15. The summed E-state index contributed by atoms with van der Waals surface area (Å²) in [6.45, 7) is 2.25. The summed E-state index contributed by atoms with van der Waals surface area (Å²) in [6, 6.07) is 12.8. The zero-order valence-corrected chi connectivity index (χ0v) is 15.4. The quantitative estimate of drug-likeness (QED) is 0.441. The van der Waals surface area contributed by atoms with Crippen LogP contribution in [0.2, 0.25) is 0 Å². The molecule has 0 atom stereocenters. The summed E-state index contributed by atoms with van der Waals surface area (Å²) in [7, 11) is 0. The van der Waals surface area contributed by atoms with Crippen molar-refractivity contribution in [3.63, 3.8) is 0 Å². The molecule has 142 valence electrons. The Hall–Kier alpha value is -3.66. The molecular formula is C21H19N3O4. The predicted octanol–water partition coefficient (Wildman–Crippen LogP) is 3.39. The van der Waals surface area contributed by atoms with Gasteiger partial charge in [-0.15, -0.1) is 0 Å². The summed E-state index contributed by atoms with van der Waals surface area (Å²) in [5, 5.41) is 9.58. The van der Waals surface area contributed by atoms with Crippen LogP contribution in [0.15, 0.2) is 48.8 Å². The van der Waals surface area contributed by atoms with Gasteiger partial charge >= 0.3 is 5.97 Å². The van der Waals surface area contributed by atoms with E-state index in [0.717, 1.165) is 10.9 Å². The molecule has 2 aromatic heterocycles. The molecule has 1 aromatic carbocycles. The van der Waals surface area contributed by atoms with E-state index in [1.165, 1.54) is 6.20 Å². The number of benzene rings is 1. The lowest BCUT2D eigenvalue weighted by Gasteiger charge is -2.08. The van der Waals surface area contributed by atoms with Gasteiger partial charge in [0.15, 0.2) is 18.1 Å². The van der Waals surface area contributed by atoms with E-state index in [1.807, 2.05) is 28.8 Å². The zero-order chi connectivity index (χ0) is 19.9. The number of aromatic nitrogens is 2. The highest BCUT2D eigenvalue weighted by Crippen LogP contribution is 2.23. The van der Waals surface area contributed by atoms with Gasteiger partial charge in [0.25, 0.3) is 0 Å². The second-order valence-electron chi connectivity index (χ2n) is 5.94. The lowest BCUT2D eigenvalue weighted by Crippen LogP contribution is -2.16. The molecule has 0 aliphatic carbocycles. The largest absolute Gasteiger partial charge is 0.491 e. The first-order valence-electron chi connectivity index (χ1n) is 8.88. The third-order valence-corrected chi connectivity index (χ3v) is 4.15. The second kappa shape index (κ2) is 8.82. The number of esters is 1. The van der Waals surface area contributed by atoms with Crippen molar-refractivity contribution >= 4 is 22.7 Å². The van der Waals surface area contributed by atoms with Crippen LogP contribution in [0.4, 0.5) is 0 Å². The molecule has 3 aromatic rings. The molecule has 7 nitrogen and oxygen atoms in total.